The zero-order valence-corrected chi connectivity index (χ0v) is 14.2. The zero-order valence-electron chi connectivity index (χ0n) is 14.2. The number of benzene rings is 1. The fraction of sp³-hybridized carbons (Fsp3) is 0.333. The lowest BCUT2D eigenvalue weighted by Crippen LogP contribution is -2.30. The largest absolute Gasteiger partial charge is 0.489 e. The van der Waals surface area contributed by atoms with Crippen LogP contribution >= 0.6 is 0 Å². The Morgan fingerprint density at radius 2 is 1.85 bits per heavy atom. The predicted molar refractivity (Wildman–Crippen MR) is 93.8 cm³/mol. The Hall–Kier alpha value is -3.18. The quantitative estimate of drug-likeness (QED) is 0.755. The van der Waals surface area contributed by atoms with Gasteiger partial charge < -0.3 is 10.1 Å². The highest BCUT2D eigenvalue weighted by Gasteiger charge is 2.21. The third-order valence-electron chi connectivity index (χ3n) is 4.51. The van der Waals surface area contributed by atoms with Gasteiger partial charge in [-0.25, -0.2) is 0 Å². The third kappa shape index (κ3) is 3.30. The average molecular weight is 349 g/mol. The van der Waals surface area contributed by atoms with E-state index in [1.165, 1.54) is 0 Å². The molecule has 2 aromatic heterocycles. The summed E-state index contributed by atoms with van der Waals surface area (Å²) in [4.78, 5) is 1.54. The maximum Gasteiger partial charge on any atom is 0.145 e. The molecule has 1 fully saturated rings. The van der Waals surface area contributed by atoms with Crippen LogP contribution in [0.3, 0.4) is 0 Å². The van der Waals surface area contributed by atoms with Crippen molar-refractivity contribution in [3.8, 4) is 17.5 Å². The molecule has 8 nitrogen and oxygen atoms in total. The van der Waals surface area contributed by atoms with E-state index in [2.05, 4.69) is 26.7 Å². The van der Waals surface area contributed by atoms with Gasteiger partial charge in [0.2, 0.25) is 0 Å². The maximum absolute atomic E-state index is 9.56. The lowest BCUT2D eigenvalue weighted by molar-refractivity contribution is 0.304. The molecule has 132 valence electrons. The molecule has 3 heterocycles. The van der Waals surface area contributed by atoms with E-state index >= 15 is 0 Å². The third-order valence-corrected chi connectivity index (χ3v) is 4.51. The van der Waals surface area contributed by atoms with Crippen molar-refractivity contribution in [1.29, 1.82) is 5.26 Å². The van der Waals surface area contributed by atoms with Crippen LogP contribution in [-0.4, -0.2) is 37.9 Å². The van der Waals surface area contributed by atoms with Gasteiger partial charge in [0.1, 0.15) is 24.1 Å². The first-order valence-electron chi connectivity index (χ1n) is 8.62. The molecule has 0 atom stereocenters. The second kappa shape index (κ2) is 7.37. The van der Waals surface area contributed by atoms with Crippen molar-refractivity contribution in [2.24, 2.45) is 0 Å². The molecule has 0 spiro atoms. The minimum absolute atomic E-state index is 0.278. The molecule has 0 unspecified atom stereocenters. The van der Waals surface area contributed by atoms with E-state index in [0.29, 0.717) is 12.3 Å². The molecule has 3 aromatic rings. The highest BCUT2D eigenvalue weighted by atomic mass is 16.5. The summed E-state index contributed by atoms with van der Waals surface area (Å²) >= 11 is 0. The summed E-state index contributed by atoms with van der Waals surface area (Å²) in [5.41, 5.74) is 2.26. The van der Waals surface area contributed by atoms with E-state index in [0.717, 1.165) is 42.9 Å². The van der Waals surface area contributed by atoms with Crippen molar-refractivity contribution in [2.75, 3.05) is 13.1 Å². The Morgan fingerprint density at radius 1 is 1.12 bits per heavy atom. The highest BCUT2D eigenvalue weighted by molar-refractivity contribution is 5.36. The van der Waals surface area contributed by atoms with E-state index in [9.17, 15) is 5.26 Å². The van der Waals surface area contributed by atoms with Crippen molar-refractivity contribution in [2.45, 2.75) is 25.5 Å². The van der Waals surface area contributed by atoms with Gasteiger partial charge in [0.15, 0.2) is 0 Å². The summed E-state index contributed by atoms with van der Waals surface area (Å²) in [5.74, 6) is 0.722. The number of hydrogen-bond donors (Lipinski definition) is 1. The van der Waals surface area contributed by atoms with E-state index in [1.807, 2.05) is 28.9 Å². The molecule has 1 N–H and O–H groups in total. The van der Waals surface area contributed by atoms with Gasteiger partial charge in [-0.1, -0.05) is 0 Å². The van der Waals surface area contributed by atoms with Crippen molar-refractivity contribution in [3.63, 3.8) is 0 Å². The average Bonchev–Trinajstić information content (AvgIpc) is 3.37. The van der Waals surface area contributed by atoms with Gasteiger partial charge in [-0.05, 0) is 50.2 Å². The molecule has 26 heavy (non-hydrogen) atoms. The van der Waals surface area contributed by atoms with Crippen LogP contribution in [0.5, 0.6) is 5.75 Å². The minimum Gasteiger partial charge on any atom is -0.489 e. The summed E-state index contributed by atoms with van der Waals surface area (Å²) in [5, 5.41) is 25.5. The van der Waals surface area contributed by atoms with Crippen LogP contribution in [0.25, 0.3) is 5.69 Å². The van der Waals surface area contributed by atoms with Gasteiger partial charge >= 0.3 is 0 Å². The number of piperidine rings is 1. The standard InChI is InChI=1S/C18H19N7O/c19-11-18-14(12-23-24(18)15-5-7-20-8-6-15)13-26-17-3-1-16(2-4-17)25-21-9-10-22-25/h1-4,9-10,12,15,20H,5-8,13H2. The van der Waals surface area contributed by atoms with Crippen LogP contribution in [0.2, 0.25) is 0 Å². The smallest absolute Gasteiger partial charge is 0.145 e. The molecule has 1 aromatic carbocycles. The molecule has 0 bridgehead atoms. The fourth-order valence-electron chi connectivity index (χ4n) is 3.14. The van der Waals surface area contributed by atoms with Crippen molar-refractivity contribution >= 4 is 0 Å². The first-order chi connectivity index (χ1) is 12.8. The molecule has 1 aliphatic heterocycles. The molecule has 0 saturated carbocycles. The van der Waals surface area contributed by atoms with Crippen molar-refractivity contribution in [3.05, 3.63) is 54.1 Å². The topological polar surface area (TPSA) is 93.6 Å². The predicted octanol–water partition coefficient (Wildman–Crippen LogP) is 1.84. The van der Waals surface area contributed by atoms with Crippen LogP contribution in [0, 0.1) is 11.3 Å². The minimum atomic E-state index is 0.278. The zero-order chi connectivity index (χ0) is 17.8. The fourth-order valence-corrected chi connectivity index (χ4v) is 3.14. The van der Waals surface area contributed by atoms with Gasteiger partial charge in [-0.2, -0.15) is 25.4 Å². The van der Waals surface area contributed by atoms with Crippen LogP contribution < -0.4 is 10.1 Å². The Morgan fingerprint density at radius 3 is 2.54 bits per heavy atom. The first kappa shape index (κ1) is 16.3. The summed E-state index contributed by atoms with van der Waals surface area (Å²) in [6.45, 7) is 2.23. The summed E-state index contributed by atoms with van der Waals surface area (Å²) in [7, 11) is 0. The number of nitrogens with zero attached hydrogens (tertiary/aromatic N) is 6. The molecule has 1 aliphatic rings. The van der Waals surface area contributed by atoms with Gasteiger partial charge in [0.25, 0.3) is 0 Å². The summed E-state index contributed by atoms with van der Waals surface area (Å²) in [6.07, 6.45) is 6.98. The molecule has 4 rings (SSSR count). The SMILES string of the molecule is N#Cc1c(COc2ccc(-n3nccn3)cc2)cnn1C1CCNCC1. The lowest BCUT2D eigenvalue weighted by atomic mass is 10.1. The van der Waals surface area contributed by atoms with Crippen LogP contribution in [0.15, 0.2) is 42.9 Å². The molecule has 0 radical (unpaired) electrons. The van der Waals surface area contributed by atoms with Crippen molar-refractivity contribution < 1.29 is 4.74 Å². The molecule has 0 amide bonds. The highest BCUT2D eigenvalue weighted by Crippen LogP contribution is 2.23. The summed E-state index contributed by atoms with van der Waals surface area (Å²) in [6, 6.07) is 10.1. The lowest BCUT2D eigenvalue weighted by Gasteiger charge is -2.23. The number of ether oxygens (including phenoxy) is 1. The monoisotopic (exact) mass is 349 g/mol. The van der Waals surface area contributed by atoms with Crippen LogP contribution in [-0.2, 0) is 6.61 Å². The van der Waals surface area contributed by atoms with Crippen LogP contribution in [0.4, 0.5) is 0 Å². The molecule has 0 aliphatic carbocycles. The first-order valence-corrected chi connectivity index (χ1v) is 8.62. The van der Waals surface area contributed by atoms with E-state index in [1.54, 1.807) is 23.4 Å². The van der Waals surface area contributed by atoms with Gasteiger partial charge in [0, 0.05) is 5.56 Å². The van der Waals surface area contributed by atoms with E-state index < -0.39 is 0 Å². The van der Waals surface area contributed by atoms with Crippen LogP contribution in [0.1, 0.15) is 30.1 Å². The number of nitrogens with one attached hydrogen (secondary N) is 1. The van der Waals surface area contributed by atoms with Crippen molar-refractivity contribution in [1.82, 2.24) is 30.1 Å². The number of nitriles is 1. The Balaban J connectivity index is 1.44. The van der Waals surface area contributed by atoms with Gasteiger partial charge in [0.05, 0.1) is 30.3 Å². The Bertz CT molecular complexity index is 887. The normalized spacial score (nSPS) is 14.9. The molecular formula is C18H19N7O. The van der Waals surface area contributed by atoms with E-state index in [4.69, 9.17) is 4.74 Å². The van der Waals surface area contributed by atoms with E-state index in [-0.39, 0.29) is 6.04 Å². The summed E-state index contributed by atoms with van der Waals surface area (Å²) < 4.78 is 7.69. The maximum atomic E-state index is 9.56. The molecular weight excluding hydrogens is 330 g/mol. The van der Waals surface area contributed by atoms with Gasteiger partial charge in [-0.3, -0.25) is 4.68 Å². The number of aromatic nitrogens is 5. The second-order valence-electron chi connectivity index (χ2n) is 6.16. The Labute approximate surface area is 151 Å². The Kier molecular flexibility index (Phi) is 4.62. The number of rotatable bonds is 5. The molecule has 1 saturated heterocycles. The second-order valence-corrected chi connectivity index (χ2v) is 6.16. The van der Waals surface area contributed by atoms with Gasteiger partial charge in [-0.15, -0.1) is 0 Å². The molecule has 8 heteroatoms. The number of hydrogen-bond acceptors (Lipinski definition) is 6.